The van der Waals surface area contributed by atoms with Crippen LogP contribution in [0.5, 0.6) is 0 Å². The van der Waals surface area contributed by atoms with Crippen molar-refractivity contribution < 1.29 is 0 Å². The Bertz CT molecular complexity index is 191. The van der Waals surface area contributed by atoms with Gasteiger partial charge in [0.1, 0.15) is 0 Å². The van der Waals surface area contributed by atoms with Crippen LogP contribution in [-0.4, -0.2) is 26.2 Å². The lowest BCUT2D eigenvalue weighted by molar-refractivity contribution is 0.166. The minimum Gasteiger partial charge on any atom is -0.316 e. The van der Waals surface area contributed by atoms with Gasteiger partial charge in [0.25, 0.3) is 0 Å². The number of hydrogen-bond donors (Lipinski definition) is 2. The van der Waals surface area contributed by atoms with Crippen LogP contribution in [0.15, 0.2) is 0 Å². The highest BCUT2D eigenvalue weighted by Crippen LogP contribution is 2.32. The van der Waals surface area contributed by atoms with E-state index in [1.165, 1.54) is 51.9 Å². The molecule has 2 N–H and O–H groups in total. The molecule has 0 aromatic heterocycles. The molecule has 2 heteroatoms. The van der Waals surface area contributed by atoms with Gasteiger partial charge in [-0.25, -0.2) is 0 Å². The zero-order chi connectivity index (χ0) is 10.7. The summed E-state index contributed by atoms with van der Waals surface area (Å²) in [5, 5.41) is 7.18. The van der Waals surface area contributed by atoms with Crippen molar-refractivity contribution >= 4 is 0 Å². The van der Waals surface area contributed by atoms with E-state index >= 15 is 0 Å². The third kappa shape index (κ3) is 3.46. The van der Waals surface area contributed by atoms with Gasteiger partial charge in [-0.2, -0.15) is 0 Å². The maximum absolute atomic E-state index is 3.66. The summed E-state index contributed by atoms with van der Waals surface area (Å²) < 4.78 is 0. The van der Waals surface area contributed by atoms with E-state index in [9.17, 15) is 0 Å². The minimum absolute atomic E-state index is 0.461. The molecule has 1 atom stereocenters. The van der Waals surface area contributed by atoms with Crippen LogP contribution in [0.25, 0.3) is 0 Å². The Hall–Kier alpha value is -0.0800. The molecule has 0 bridgehead atoms. The van der Waals surface area contributed by atoms with E-state index in [0.717, 1.165) is 11.8 Å². The van der Waals surface area contributed by atoms with Gasteiger partial charge >= 0.3 is 0 Å². The van der Waals surface area contributed by atoms with Crippen molar-refractivity contribution in [1.82, 2.24) is 10.6 Å². The van der Waals surface area contributed by atoms with Crippen LogP contribution in [0.1, 0.15) is 39.5 Å². The highest BCUT2D eigenvalue weighted by atomic mass is 14.9. The van der Waals surface area contributed by atoms with Crippen LogP contribution in [0.4, 0.5) is 0 Å². The maximum atomic E-state index is 3.66. The molecule has 0 aromatic carbocycles. The molecule has 1 saturated heterocycles. The van der Waals surface area contributed by atoms with Gasteiger partial charge in [-0.15, -0.1) is 0 Å². The average Bonchev–Trinajstić information content (AvgIpc) is 3.03. The lowest BCUT2D eigenvalue weighted by atomic mass is 9.75. The first-order valence-corrected chi connectivity index (χ1v) is 6.60. The summed E-state index contributed by atoms with van der Waals surface area (Å²) in [6.45, 7) is 9.73. The monoisotopic (exact) mass is 210 g/mol. The first-order chi connectivity index (χ1) is 7.18. The van der Waals surface area contributed by atoms with Crippen molar-refractivity contribution in [2.75, 3.05) is 26.2 Å². The second kappa shape index (κ2) is 4.84. The highest BCUT2D eigenvalue weighted by molar-refractivity contribution is 4.85. The number of hydrogen-bond acceptors (Lipinski definition) is 2. The van der Waals surface area contributed by atoms with E-state index in [1.54, 1.807) is 0 Å². The molecule has 2 aliphatic rings. The summed E-state index contributed by atoms with van der Waals surface area (Å²) in [4.78, 5) is 0. The SMILES string of the molecule is CC(C)(CNCC1CC1)C1CCCNC1. The summed E-state index contributed by atoms with van der Waals surface area (Å²) in [6, 6.07) is 0. The number of piperidine rings is 1. The fourth-order valence-corrected chi connectivity index (χ4v) is 2.58. The predicted octanol–water partition coefficient (Wildman–Crippen LogP) is 2.01. The van der Waals surface area contributed by atoms with Crippen molar-refractivity contribution in [3.05, 3.63) is 0 Å². The fourth-order valence-electron chi connectivity index (χ4n) is 2.58. The van der Waals surface area contributed by atoms with Gasteiger partial charge < -0.3 is 10.6 Å². The molecule has 1 saturated carbocycles. The Morgan fingerprint density at radius 1 is 1.27 bits per heavy atom. The maximum Gasteiger partial charge on any atom is 0.000576 e. The van der Waals surface area contributed by atoms with Crippen LogP contribution >= 0.6 is 0 Å². The summed E-state index contributed by atoms with van der Waals surface area (Å²) >= 11 is 0. The Labute approximate surface area is 94.2 Å². The molecule has 2 fully saturated rings. The van der Waals surface area contributed by atoms with E-state index in [1.807, 2.05) is 0 Å². The molecule has 1 aliphatic carbocycles. The molecule has 2 rings (SSSR count). The van der Waals surface area contributed by atoms with Crippen molar-refractivity contribution in [2.45, 2.75) is 39.5 Å². The van der Waals surface area contributed by atoms with E-state index in [0.29, 0.717) is 5.41 Å². The fraction of sp³-hybridized carbons (Fsp3) is 1.00. The molecule has 0 spiro atoms. The average molecular weight is 210 g/mol. The van der Waals surface area contributed by atoms with Gasteiger partial charge in [0.05, 0.1) is 0 Å². The Kier molecular flexibility index (Phi) is 3.68. The Morgan fingerprint density at radius 2 is 2.07 bits per heavy atom. The standard InChI is InChI=1S/C13H26N2/c1-13(2,10-15-8-11-5-6-11)12-4-3-7-14-9-12/h11-12,14-15H,3-10H2,1-2H3. The number of rotatable bonds is 5. The van der Waals surface area contributed by atoms with Gasteiger partial charge in [0.15, 0.2) is 0 Å². The molecule has 1 unspecified atom stereocenters. The lowest BCUT2D eigenvalue weighted by Crippen LogP contribution is -2.43. The Balaban J connectivity index is 1.70. The van der Waals surface area contributed by atoms with Crippen molar-refractivity contribution in [2.24, 2.45) is 17.3 Å². The molecule has 1 aliphatic heterocycles. The zero-order valence-corrected chi connectivity index (χ0v) is 10.3. The van der Waals surface area contributed by atoms with E-state index in [4.69, 9.17) is 0 Å². The van der Waals surface area contributed by atoms with Crippen molar-refractivity contribution in [3.63, 3.8) is 0 Å². The van der Waals surface area contributed by atoms with Crippen LogP contribution in [-0.2, 0) is 0 Å². The summed E-state index contributed by atoms with van der Waals surface area (Å²) in [5.74, 6) is 1.86. The molecular formula is C13H26N2. The molecule has 0 radical (unpaired) electrons. The molecule has 0 amide bonds. The molecule has 0 aromatic rings. The quantitative estimate of drug-likeness (QED) is 0.725. The van der Waals surface area contributed by atoms with Gasteiger partial charge in [-0.05, 0) is 62.6 Å². The molecular weight excluding hydrogens is 184 g/mol. The van der Waals surface area contributed by atoms with Crippen LogP contribution in [0.2, 0.25) is 0 Å². The van der Waals surface area contributed by atoms with Crippen LogP contribution < -0.4 is 10.6 Å². The van der Waals surface area contributed by atoms with Crippen molar-refractivity contribution in [1.29, 1.82) is 0 Å². The topological polar surface area (TPSA) is 24.1 Å². The first-order valence-electron chi connectivity index (χ1n) is 6.60. The number of nitrogens with one attached hydrogen (secondary N) is 2. The van der Waals surface area contributed by atoms with Gasteiger partial charge in [0.2, 0.25) is 0 Å². The van der Waals surface area contributed by atoms with E-state index in [2.05, 4.69) is 24.5 Å². The van der Waals surface area contributed by atoms with Crippen LogP contribution in [0.3, 0.4) is 0 Å². The normalized spacial score (nSPS) is 28.0. The third-order valence-electron chi connectivity index (χ3n) is 4.11. The summed E-state index contributed by atoms with van der Waals surface area (Å²) in [6.07, 6.45) is 5.68. The van der Waals surface area contributed by atoms with Crippen LogP contribution in [0, 0.1) is 17.3 Å². The zero-order valence-electron chi connectivity index (χ0n) is 10.3. The lowest BCUT2D eigenvalue weighted by Gasteiger charge is -2.37. The Morgan fingerprint density at radius 3 is 2.67 bits per heavy atom. The molecule has 88 valence electrons. The second-order valence-corrected chi connectivity index (χ2v) is 6.11. The van der Waals surface area contributed by atoms with Crippen molar-refractivity contribution in [3.8, 4) is 0 Å². The first kappa shape index (κ1) is 11.4. The molecule has 2 nitrogen and oxygen atoms in total. The van der Waals surface area contributed by atoms with E-state index in [-0.39, 0.29) is 0 Å². The summed E-state index contributed by atoms with van der Waals surface area (Å²) in [5.41, 5.74) is 0.461. The van der Waals surface area contributed by atoms with Gasteiger partial charge in [-0.1, -0.05) is 13.8 Å². The molecule has 15 heavy (non-hydrogen) atoms. The third-order valence-corrected chi connectivity index (χ3v) is 4.11. The predicted molar refractivity (Wildman–Crippen MR) is 65.0 cm³/mol. The van der Waals surface area contributed by atoms with E-state index < -0.39 is 0 Å². The van der Waals surface area contributed by atoms with Gasteiger partial charge in [0, 0.05) is 6.54 Å². The largest absolute Gasteiger partial charge is 0.316 e. The molecule has 1 heterocycles. The highest BCUT2D eigenvalue weighted by Gasteiger charge is 2.30. The minimum atomic E-state index is 0.461. The smallest absolute Gasteiger partial charge is 0.000576 e. The second-order valence-electron chi connectivity index (χ2n) is 6.11. The summed E-state index contributed by atoms with van der Waals surface area (Å²) in [7, 11) is 0. The van der Waals surface area contributed by atoms with Gasteiger partial charge in [-0.3, -0.25) is 0 Å².